The van der Waals surface area contributed by atoms with Crippen LogP contribution in [0.3, 0.4) is 0 Å². The third kappa shape index (κ3) is 3.23. The summed E-state index contributed by atoms with van der Waals surface area (Å²) in [5, 5.41) is 0. The Morgan fingerprint density at radius 2 is 1.76 bits per heavy atom. The van der Waals surface area contributed by atoms with E-state index in [0.29, 0.717) is 11.5 Å². The fourth-order valence-electron chi connectivity index (χ4n) is 2.17. The van der Waals surface area contributed by atoms with E-state index < -0.39 is 20.5 Å². The molecule has 1 aromatic rings. The van der Waals surface area contributed by atoms with Crippen molar-refractivity contribution in [2.75, 3.05) is 7.05 Å². The topological polar surface area (TPSA) is 54.5 Å². The van der Waals surface area contributed by atoms with Crippen LogP contribution >= 0.6 is 0 Å². The van der Waals surface area contributed by atoms with Gasteiger partial charge < -0.3 is 4.90 Å². The van der Waals surface area contributed by atoms with Crippen molar-refractivity contribution in [2.24, 2.45) is 5.92 Å². The first-order chi connectivity index (χ1) is 9.75. The third-order valence-corrected chi connectivity index (χ3v) is 5.30. The first-order valence-corrected chi connectivity index (χ1v) is 8.19. The number of benzene rings is 1. The Hall–Kier alpha value is -1.50. The van der Waals surface area contributed by atoms with E-state index in [4.69, 9.17) is 0 Å². The molecule has 1 amide bonds. The first-order valence-electron chi connectivity index (χ1n) is 6.64. The molecule has 1 fully saturated rings. The lowest BCUT2D eigenvalue weighted by atomic mass is 10.1. The normalized spacial score (nSPS) is 16.8. The summed E-state index contributed by atoms with van der Waals surface area (Å²) in [5.41, 5.74) is 0.290. The minimum atomic E-state index is -4.62. The Balaban J connectivity index is 2.17. The summed E-state index contributed by atoms with van der Waals surface area (Å²) in [6.07, 6.45) is 2.20. The zero-order chi connectivity index (χ0) is 15.8. The van der Waals surface area contributed by atoms with Gasteiger partial charge in [0.15, 0.2) is 0 Å². The Morgan fingerprint density at radius 3 is 2.19 bits per heavy atom. The van der Waals surface area contributed by atoms with Gasteiger partial charge in [-0.25, -0.2) is 8.42 Å². The van der Waals surface area contributed by atoms with Crippen LogP contribution in [0.5, 0.6) is 0 Å². The van der Waals surface area contributed by atoms with Crippen molar-refractivity contribution < 1.29 is 22.0 Å². The highest BCUT2D eigenvalue weighted by molar-refractivity contribution is 7.91. The number of sulfone groups is 1. The molecule has 0 spiro atoms. The number of rotatable bonds is 5. The maximum Gasteiger partial charge on any atom is 0.341 e. The zero-order valence-corrected chi connectivity index (χ0v) is 12.6. The Labute approximate surface area is 122 Å². The molecule has 7 heteroatoms. The molecule has 1 atom stereocenters. The smallest absolute Gasteiger partial charge is 0.339 e. The predicted octanol–water partition coefficient (Wildman–Crippen LogP) is 2.55. The van der Waals surface area contributed by atoms with Gasteiger partial charge in [-0.2, -0.15) is 8.78 Å². The molecule has 0 heterocycles. The van der Waals surface area contributed by atoms with Crippen molar-refractivity contribution in [2.45, 2.75) is 36.5 Å². The number of hydrogen-bond acceptors (Lipinski definition) is 3. The molecule has 21 heavy (non-hydrogen) atoms. The standard InChI is InChI=1S/C14H17F2NO3S/c1-9(10-3-4-10)17(2)13(18)11-5-7-12(8-6-11)21(19,20)14(15)16/h5-10,14H,3-4H2,1-2H3. The van der Waals surface area contributed by atoms with Gasteiger partial charge in [-0.15, -0.1) is 0 Å². The fraction of sp³-hybridized carbons (Fsp3) is 0.500. The van der Waals surface area contributed by atoms with Gasteiger partial charge in [0.25, 0.3) is 5.91 Å². The van der Waals surface area contributed by atoms with Gasteiger partial charge in [-0.3, -0.25) is 4.79 Å². The average Bonchev–Trinajstić information content (AvgIpc) is 3.29. The molecular formula is C14H17F2NO3S. The van der Waals surface area contributed by atoms with Crippen molar-refractivity contribution in [1.82, 2.24) is 4.90 Å². The fourth-order valence-corrected chi connectivity index (χ4v) is 2.89. The number of carbonyl (C=O) groups is 1. The minimum absolute atomic E-state index is 0.113. The highest BCUT2D eigenvalue weighted by Crippen LogP contribution is 2.35. The van der Waals surface area contributed by atoms with E-state index >= 15 is 0 Å². The van der Waals surface area contributed by atoms with Crippen LogP contribution in [0.15, 0.2) is 29.2 Å². The van der Waals surface area contributed by atoms with Crippen molar-refractivity contribution in [1.29, 1.82) is 0 Å². The van der Waals surface area contributed by atoms with E-state index in [1.165, 1.54) is 12.1 Å². The van der Waals surface area contributed by atoms with Crippen molar-refractivity contribution >= 4 is 15.7 Å². The van der Waals surface area contributed by atoms with E-state index in [1.54, 1.807) is 11.9 Å². The summed E-state index contributed by atoms with van der Waals surface area (Å²) in [4.78, 5) is 13.4. The SMILES string of the molecule is CC(C1CC1)N(C)C(=O)c1ccc(S(=O)(=O)C(F)F)cc1. The second-order valence-corrected chi connectivity index (χ2v) is 7.24. The molecule has 1 saturated carbocycles. The molecule has 1 aliphatic carbocycles. The number of hydrogen-bond donors (Lipinski definition) is 0. The third-order valence-electron chi connectivity index (χ3n) is 3.90. The molecular weight excluding hydrogens is 300 g/mol. The van der Waals surface area contributed by atoms with Crippen LogP contribution in [-0.2, 0) is 9.84 Å². The van der Waals surface area contributed by atoms with Crippen molar-refractivity contribution in [3.8, 4) is 0 Å². The molecule has 116 valence electrons. The lowest BCUT2D eigenvalue weighted by molar-refractivity contribution is 0.0727. The summed E-state index contributed by atoms with van der Waals surface area (Å²) in [5.74, 6) is -3.19. The highest BCUT2D eigenvalue weighted by atomic mass is 32.2. The van der Waals surface area contributed by atoms with Gasteiger partial charge >= 0.3 is 5.76 Å². The maximum absolute atomic E-state index is 12.4. The van der Waals surface area contributed by atoms with Crippen LogP contribution in [0, 0.1) is 5.92 Å². The summed E-state index contributed by atoms with van der Waals surface area (Å²) in [6, 6.07) is 4.75. The largest absolute Gasteiger partial charge is 0.341 e. The van der Waals surface area contributed by atoms with Crippen molar-refractivity contribution in [3.63, 3.8) is 0 Å². The molecule has 4 nitrogen and oxygen atoms in total. The van der Waals surface area contributed by atoms with E-state index in [2.05, 4.69) is 0 Å². The summed E-state index contributed by atoms with van der Waals surface area (Å²) >= 11 is 0. The van der Waals surface area contributed by atoms with Gasteiger partial charge in [-0.1, -0.05) is 0 Å². The first kappa shape index (κ1) is 15.9. The monoisotopic (exact) mass is 317 g/mol. The second-order valence-electron chi connectivity index (χ2n) is 5.32. The lowest BCUT2D eigenvalue weighted by Gasteiger charge is -2.25. The number of carbonyl (C=O) groups excluding carboxylic acids is 1. The summed E-state index contributed by atoms with van der Waals surface area (Å²) in [7, 11) is -2.93. The molecule has 0 saturated heterocycles. The Morgan fingerprint density at radius 1 is 1.24 bits per heavy atom. The Kier molecular flexibility index (Phi) is 4.32. The molecule has 0 N–H and O–H groups in total. The molecule has 0 bridgehead atoms. The quantitative estimate of drug-likeness (QED) is 0.838. The number of amides is 1. The van der Waals surface area contributed by atoms with Crippen LogP contribution in [0.1, 0.15) is 30.1 Å². The van der Waals surface area contributed by atoms with Gasteiger partial charge in [-0.05, 0) is 49.9 Å². The number of halogens is 2. The summed E-state index contributed by atoms with van der Waals surface area (Å²) in [6.45, 7) is 1.96. The minimum Gasteiger partial charge on any atom is -0.339 e. The highest BCUT2D eigenvalue weighted by Gasteiger charge is 2.33. The van der Waals surface area contributed by atoms with E-state index in [-0.39, 0.29) is 11.9 Å². The molecule has 1 aromatic carbocycles. The molecule has 0 aliphatic heterocycles. The number of alkyl halides is 2. The van der Waals surface area contributed by atoms with E-state index in [1.807, 2.05) is 6.92 Å². The molecule has 1 unspecified atom stereocenters. The molecule has 2 rings (SSSR count). The average molecular weight is 317 g/mol. The van der Waals surface area contributed by atoms with Crippen LogP contribution in [0.2, 0.25) is 0 Å². The van der Waals surface area contributed by atoms with Crippen LogP contribution in [0.4, 0.5) is 8.78 Å². The number of nitrogens with zero attached hydrogens (tertiary/aromatic N) is 1. The Bertz CT molecular complexity index is 624. The molecule has 1 aliphatic rings. The van der Waals surface area contributed by atoms with E-state index in [9.17, 15) is 22.0 Å². The van der Waals surface area contributed by atoms with Crippen LogP contribution in [0.25, 0.3) is 0 Å². The molecule has 0 aromatic heterocycles. The van der Waals surface area contributed by atoms with E-state index in [0.717, 1.165) is 25.0 Å². The zero-order valence-electron chi connectivity index (χ0n) is 11.8. The maximum atomic E-state index is 12.4. The molecule has 0 radical (unpaired) electrons. The lowest BCUT2D eigenvalue weighted by Crippen LogP contribution is -2.36. The van der Waals surface area contributed by atoms with Crippen molar-refractivity contribution in [3.05, 3.63) is 29.8 Å². The van der Waals surface area contributed by atoms with Gasteiger partial charge in [0, 0.05) is 18.7 Å². The predicted molar refractivity (Wildman–Crippen MR) is 73.9 cm³/mol. The van der Waals surface area contributed by atoms with Gasteiger partial charge in [0.05, 0.1) is 4.90 Å². The van der Waals surface area contributed by atoms with Crippen LogP contribution in [-0.4, -0.2) is 38.1 Å². The van der Waals surface area contributed by atoms with Gasteiger partial charge in [0.1, 0.15) is 0 Å². The van der Waals surface area contributed by atoms with Crippen LogP contribution < -0.4 is 0 Å². The van der Waals surface area contributed by atoms with Gasteiger partial charge in [0.2, 0.25) is 9.84 Å². The second kappa shape index (κ2) is 5.71. The summed E-state index contributed by atoms with van der Waals surface area (Å²) < 4.78 is 47.5.